The van der Waals surface area contributed by atoms with E-state index >= 15 is 0 Å². The van der Waals surface area contributed by atoms with Crippen molar-refractivity contribution in [3.63, 3.8) is 0 Å². The van der Waals surface area contributed by atoms with Crippen molar-refractivity contribution in [2.24, 2.45) is 11.1 Å². The van der Waals surface area contributed by atoms with Crippen molar-refractivity contribution < 1.29 is 14.7 Å². The number of nitrogens with one attached hydrogen (secondary N) is 1. The molecule has 0 aliphatic heterocycles. The molecule has 0 radical (unpaired) electrons. The first-order valence-corrected chi connectivity index (χ1v) is 4.01. The molecular formula is C8H16N2O3. The maximum absolute atomic E-state index is 10.8. The summed E-state index contributed by atoms with van der Waals surface area (Å²) in [6.45, 7) is 5.73. The summed E-state index contributed by atoms with van der Waals surface area (Å²) >= 11 is 0. The third-order valence-electron chi connectivity index (χ3n) is 1.46. The molecule has 0 spiro atoms. The van der Waals surface area contributed by atoms with Gasteiger partial charge < -0.3 is 16.2 Å². The third kappa shape index (κ3) is 5.95. The van der Waals surface area contributed by atoms with Crippen LogP contribution in [0, 0.1) is 5.41 Å². The summed E-state index contributed by atoms with van der Waals surface area (Å²) in [6.07, 6.45) is -0.831. The van der Waals surface area contributed by atoms with E-state index in [-0.39, 0.29) is 5.41 Å². The molecule has 0 rings (SSSR count). The molecule has 0 aromatic heterocycles. The van der Waals surface area contributed by atoms with Gasteiger partial charge in [-0.05, 0) is 11.8 Å². The largest absolute Gasteiger partial charge is 0.465 e. The molecule has 13 heavy (non-hydrogen) atoms. The van der Waals surface area contributed by atoms with Gasteiger partial charge in [0, 0.05) is 0 Å². The minimum atomic E-state index is -1.23. The van der Waals surface area contributed by atoms with E-state index in [0.29, 0.717) is 6.42 Å². The topological polar surface area (TPSA) is 92.4 Å². The molecule has 2 amide bonds. The molecule has 76 valence electrons. The van der Waals surface area contributed by atoms with E-state index in [1.54, 1.807) is 0 Å². The molecule has 0 fully saturated rings. The predicted molar refractivity (Wildman–Crippen MR) is 48.2 cm³/mol. The number of hydrogen-bond acceptors (Lipinski definition) is 2. The highest BCUT2D eigenvalue weighted by molar-refractivity contribution is 5.83. The number of primary amides is 1. The Morgan fingerprint density at radius 3 is 2.15 bits per heavy atom. The Bertz CT molecular complexity index is 208. The van der Waals surface area contributed by atoms with E-state index in [0.717, 1.165) is 0 Å². The van der Waals surface area contributed by atoms with Crippen LogP contribution in [0.15, 0.2) is 0 Å². The fourth-order valence-corrected chi connectivity index (χ4v) is 0.984. The zero-order chi connectivity index (χ0) is 10.6. The highest BCUT2D eigenvalue weighted by Crippen LogP contribution is 2.20. The Kier molecular flexibility index (Phi) is 3.71. The summed E-state index contributed by atoms with van der Waals surface area (Å²) in [5, 5.41) is 10.5. The van der Waals surface area contributed by atoms with Crippen LogP contribution in [0.1, 0.15) is 27.2 Å². The van der Waals surface area contributed by atoms with E-state index in [9.17, 15) is 9.59 Å². The molecule has 0 aliphatic rings. The Hall–Kier alpha value is -1.26. The molecule has 1 atom stereocenters. The van der Waals surface area contributed by atoms with Crippen LogP contribution in [-0.4, -0.2) is 23.1 Å². The van der Waals surface area contributed by atoms with Crippen LogP contribution in [0.2, 0.25) is 0 Å². The van der Waals surface area contributed by atoms with Crippen molar-refractivity contribution in [3.05, 3.63) is 0 Å². The van der Waals surface area contributed by atoms with Crippen molar-refractivity contribution in [3.8, 4) is 0 Å². The number of rotatable bonds is 3. The van der Waals surface area contributed by atoms with Crippen molar-refractivity contribution in [1.29, 1.82) is 0 Å². The number of carbonyl (C=O) groups is 2. The van der Waals surface area contributed by atoms with Gasteiger partial charge in [-0.25, -0.2) is 4.79 Å². The van der Waals surface area contributed by atoms with Crippen molar-refractivity contribution >= 4 is 12.0 Å². The van der Waals surface area contributed by atoms with Gasteiger partial charge in [-0.2, -0.15) is 0 Å². The lowest BCUT2D eigenvalue weighted by Crippen LogP contribution is -2.45. The molecular weight excluding hydrogens is 172 g/mol. The van der Waals surface area contributed by atoms with E-state index in [1.807, 2.05) is 20.8 Å². The number of amides is 2. The van der Waals surface area contributed by atoms with Gasteiger partial charge in [-0.1, -0.05) is 20.8 Å². The van der Waals surface area contributed by atoms with Gasteiger partial charge in [0.25, 0.3) is 0 Å². The van der Waals surface area contributed by atoms with E-state index in [4.69, 9.17) is 10.8 Å². The second-order valence-corrected chi connectivity index (χ2v) is 4.17. The summed E-state index contributed by atoms with van der Waals surface area (Å²) in [7, 11) is 0. The standard InChI is InChI=1S/C8H16N2O3/c1-8(2,3)4-5(6(9)11)10-7(12)13/h5,10H,4H2,1-3H3,(H2,9,11)(H,12,13). The molecule has 4 N–H and O–H groups in total. The zero-order valence-corrected chi connectivity index (χ0v) is 8.13. The van der Waals surface area contributed by atoms with Gasteiger partial charge in [0.2, 0.25) is 5.91 Å². The summed E-state index contributed by atoms with van der Waals surface area (Å²) < 4.78 is 0. The number of nitrogens with two attached hydrogens (primary N) is 1. The summed E-state index contributed by atoms with van der Waals surface area (Å²) in [4.78, 5) is 21.1. The highest BCUT2D eigenvalue weighted by Gasteiger charge is 2.24. The van der Waals surface area contributed by atoms with Gasteiger partial charge in [0.1, 0.15) is 6.04 Å². The lowest BCUT2D eigenvalue weighted by molar-refractivity contribution is -0.120. The van der Waals surface area contributed by atoms with Gasteiger partial charge in [0.15, 0.2) is 0 Å². The molecule has 0 bridgehead atoms. The third-order valence-corrected chi connectivity index (χ3v) is 1.46. The average molecular weight is 188 g/mol. The van der Waals surface area contributed by atoms with Crippen LogP contribution in [0.25, 0.3) is 0 Å². The Morgan fingerprint density at radius 1 is 1.46 bits per heavy atom. The quantitative estimate of drug-likeness (QED) is 0.603. The van der Waals surface area contributed by atoms with Gasteiger partial charge in [-0.3, -0.25) is 4.79 Å². The molecule has 5 nitrogen and oxygen atoms in total. The first-order chi connectivity index (χ1) is 5.72. The summed E-state index contributed by atoms with van der Waals surface area (Å²) in [6, 6.07) is -0.808. The van der Waals surface area contributed by atoms with Crippen LogP contribution in [-0.2, 0) is 4.79 Å². The van der Waals surface area contributed by atoms with Crippen molar-refractivity contribution in [1.82, 2.24) is 5.32 Å². The Morgan fingerprint density at radius 2 is 1.92 bits per heavy atom. The number of carbonyl (C=O) groups excluding carboxylic acids is 1. The SMILES string of the molecule is CC(C)(C)CC(NC(=O)O)C(N)=O. The van der Waals surface area contributed by atoms with E-state index in [2.05, 4.69) is 5.32 Å². The minimum Gasteiger partial charge on any atom is -0.465 e. The van der Waals surface area contributed by atoms with Crippen LogP contribution >= 0.6 is 0 Å². The van der Waals surface area contributed by atoms with Crippen molar-refractivity contribution in [2.45, 2.75) is 33.2 Å². The normalized spacial score (nSPS) is 13.5. The van der Waals surface area contributed by atoms with Gasteiger partial charge in [-0.15, -0.1) is 0 Å². The molecule has 0 aliphatic carbocycles. The van der Waals surface area contributed by atoms with Crippen LogP contribution in [0.4, 0.5) is 4.79 Å². The predicted octanol–water partition coefficient (Wildman–Crippen LogP) is 0.544. The molecule has 5 heteroatoms. The van der Waals surface area contributed by atoms with E-state index < -0.39 is 18.0 Å². The van der Waals surface area contributed by atoms with Gasteiger partial charge in [0.05, 0.1) is 0 Å². The monoisotopic (exact) mass is 188 g/mol. The Balaban J connectivity index is 4.27. The number of hydrogen-bond donors (Lipinski definition) is 3. The maximum Gasteiger partial charge on any atom is 0.405 e. The molecule has 1 unspecified atom stereocenters. The summed E-state index contributed by atoms with van der Waals surface area (Å²) in [5.41, 5.74) is 4.89. The van der Waals surface area contributed by atoms with Crippen molar-refractivity contribution in [2.75, 3.05) is 0 Å². The first kappa shape index (κ1) is 11.7. The van der Waals surface area contributed by atoms with Crippen LogP contribution in [0.5, 0.6) is 0 Å². The first-order valence-electron chi connectivity index (χ1n) is 4.01. The highest BCUT2D eigenvalue weighted by atomic mass is 16.4. The lowest BCUT2D eigenvalue weighted by atomic mass is 9.88. The fourth-order valence-electron chi connectivity index (χ4n) is 0.984. The fraction of sp³-hybridized carbons (Fsp3) is 0.750. The molecule has 0 saturated carbocycles. The van der Waals surface area contributed by atoms with Gasteiger partial charge >= 0.3 is 6.09 Å². The Labute approximate surface area is 77.3 Å². The zero-order valence-electron chi connectivity index (χ0n) is 8.13. The van der Waals surface area contributed by atoms with Crippen LogP contribution < -0.4 is 11.1 Å². The average Bonchev–Trinajstić information content (AvgIpc) is 1.81. The lowest BCUT2D eigenvalue weighted by Gasteiger charge is -2.23. The van der Waals surface area contributed by atoms with E-state index in [1.165, 1.54) is 0 Å². The summed E-state index contributed by atoms with van der Waals surface area (Å²) in [5.74, 6) is -0.641. The molecule has 0 aromatic carbocycles. The van der Waals surface area contributed by atoms with Crippen LogP contribution in [0.3, 0.4) is 0 Å². The molecule has 0 heterocycles. The maximum atomic E-state index is 10.8. The minimum absolute atomic E-state index is 0.137. The smallest absolute Gasteiger partial charge is 0.405 e. The number of carboxylic acid groups (broad SMARTS) is 1. The molecule has 0 aromatic rings. The molecule has 0 saturated heterocycles. The second-order valence-electron chi connectivity index (χ2n) is 4.17. The second kappa shape index (κ2) is 4.11.